The van der Waals surface area contributed by atoms with E-state index in [2.05, 4.69) is 0 Å². The standard InChI is InChI=1S/C27H29NO7S/c1-27(2,3)34-26(30)24(28)23(25(29)33-18-19-10-6-4-7-11-19)20-14-16-21(17-15-20)35-36(31,32)22-12-8-5-9-13-22/h4-17,23-24H,18,28H2,1-3H3. The monoisotopic (exact) mass is 511 g/mol. The van der Waals surface area contributed by atoms with Gasteiger partial charge in [-0.2, -0.15) is 8.42 Å². The third-order valence-corrected chi connectivity index (χ3v) is 6.25. The minimum absolute atomic E-state index is 0.00314. The second-order valence-electron chi connectivity index (χ2n) is 9.05. The predicted octanol–water partition coefficient (Wildman–Crippen LogP) is 3.95. The van der Waals surface area contributed by atoms with Gasteiger partial charge in [0.25, 0.3) is 0 Å². The van der Waals surface area contributed by atoms with Gasteiger partial charge in [-0.05, 0) is 56.2 Å². The van der Waals surface area contributed by atoms with E-state index in [9.17, 15) is 18.0 Å². The first-order chi connectivity index (χ1) is 17.0. The second-order valence-corrected chi connectivity index (χ2v) is 10.6. The summed E-state index contributed by atoms with van der Waals surface area (Å²) in [5.41, 5.74) is 6.49. The van der Waals surface area contributed by atoms with Gasteiger partial charge in [0.15, 0.2) is 0 Å². The van der Waals surface area contributed by atoms with Crippen LogP contribution < -0.4 is 9.92 Å². The van der Waals surface area contributed by atoms with Crippen molar-refractivity contribution in [1.82, 2.24) is 0 Å². The average Bonchev–Trinajstić information content (AvgIpc) is 2.84. The van der Waals surface area contributed by atoms with Crippen molar-refractivity contribution < 1.29 is 31.7 Å². The highest BCUT2D eigenvalue weighted by molar-refractivity contribution is 7.87. The lowest BCUT2D eigenvalue weighted by Crippen LogP contribution is -2.44. The van der Waals surface area contributed by atoms with Crippen molar-refractivity contribution in [3.63, 3.8) is 0 Å². The van der Waals surface area contributed by atoms with E-state index in [1.54, 1.807) is 51.1 Å². The molecule has 2 unspecified atom stereocenters. The lowest BCUT2D eigenvalue weighted by molar-refractivity contribution is -0.161. The third-order valence-electron chi connectivity index (χ3n) is 4.99. The van der Waals surface area contributed by atoms with Crippen LogP contribution in [0, 0.1) is 0 Å². The van der Waals surface area contributed by atoms with Gasteiger partial charge in [-0.15, -0.1) is 0 Å². The van der Waals surface area contributed by atoms with Crippen molar-refractivity contribution in [2.24, 2.45) is 5.73 Å². The van der Waals surface area contributed by atoms with E-state index < -0.39 is 39.6 Å². The fraction of sp³-hybridized carbons (Fsp3) is 0.259. The first-order valence-electron chi connectivity index (χ1n) is 11.2. The number of esters is 2. The largest absolute Gasteiger partial charge is 0.460 e. The summed E-state index contributed by atoms with van der Waals surface area (Å²) in [6.45, 7) is 5.08. The van der Waals surface area contributed by atoms with Gasteiger partial charge in [0, 0.05) is 0 Å². The Balaban J connectivity index is 1.83. The van der Waals surface area contributed by atoms with Crippen molar-refractivity contribution in [1.29, 1.82) is 0 Å². The number of carbonyl (C=O) groups is 2. The Bertz CT molecular complexity index is 1270. The molecule has 0 aromatic heterocycles. The van der Waals surface area contributed by atoms with Crippen LogP contribution in [0.25, 0.3) is 0 Å². The summed E-state index contributed by atoms with van der Waals surface area (Å²) in [6, 6.07) is 21.1. The minimum Gasteiger partial charge on any atom is -0.460 e. The number of ether oxygens (including phenoxy) is 2. The molecule has 0 fully saturated rings. The second kappa shape index (κ2) is 11.4. The van der Waals surface area contributed by atoms with E-state index in [1.165, 1.54) is 36.4 Å². The third kappa shape index (κ3) is 7.40. The Hall–Kier alpha value is -3.69. The maximum atomic E-state index is 13.1. The number of carbonyl (C=O) groups excluding carboxylic acids is 2. The molecule has 0 saturated heterocycles. The summed E-state index contributed by atoms with van der Waals surface area (Å²) in [4.78, 5) is 25.8. The summed E-state index contributed by atoms with van der Waals surface area (Å²) in [5.74, 6) is -2.65. The minimum atomic E-state index is -4.04. The number of nitrogens with two attached hydrogens (primary N) is 1. The molecule has 190 valence electrons. The van der Waals surface area contributed by atoms with Gasteiger partial charge in [-0.3, -0.25) is 9.59 Å². The molecule has 3 aromatic carbocycles. The number of rotatable bonds is 9. The van der Waals surface area contributed by atoms with Crippen LogP contribution in [0.4, 0.5) is 0 Å². The summed E-state index contributed by atoms with van der Waals surface area (Å²) in [5, 5.41) is 0. The van der Waals surface area contributed by atoms with Crippen LogP contribution in [0.1, 0.15) is 37.8 Å². The highest BCUT2D eigenvalue weighted by Crippen LogP contribution is 2.27. The summed E-state index contributed by atoms with van der Waals surface area (Å²) < 4.78 is 41.0. The van der Waals surface area contributed by atoms with Crippen LogP contribution in [0.3, 0.4) is 0 Å². The molecule has 36 heavy (non-hydrogen) atoms. The summed E-state index contributed by atoms with van der Waals surface area (Å²) in [7, 11) is -4.04. The quantitative estimate of drug-likeness (QED) is 0.339. The van der Waals surface area contributed by atoms with E-state index >= 15 is 0 Å². The van der Waals surface area contributed by atoms with Crippen LogP contribution in [-0.2, 0) is 35.8 Å². The summed E-state index contributed by atoms with van der Waals surface area (Å²) in [6.07, 6.45) is 0. The van der Waals surface area contributed by atoms with Crippen molar-refractivity contribution >= 4 is 22.1 Å². The Morgan fingerprint density at radius 2 is 1.39 bits per heavy atom. The van der Waals surface area contributed by atoms with Crippen molar-refractivity contribution in [2.45, 2.75) is 49.8 Å². The van der Waals surface area contributed by atoms with E-state index in [4.69, 9.17) is 19.4 Å². The van der Waals surface area contributed by atoms with Gasteiger partial charge >= 0.3 is 22.1 Å². The first-order valence-corrected chi connectivity index (χ1v) is 12.7. The lowest BCUT2D eigenvalue weighted by atomic mass is 9.91. The fourth-order valence-corrected chi connectivity index (χ4v) is 4.26. The summed E-state index contributed by atoms with van der Waals surface area (Å²) >= 11 is 0. The van der Waals surface area contributed by atoms with Gasteiger partial charge in [0.1, 0.15) is 34.8 Å². The average molecular weight is 512 g/mol. The molecule has 0 amide bonds. The zero-order valence-electron chi connectivity index (χ0n) is 20.3. The Morgan fingerprint density at radius 1 is 0.833 bits per heavy atom. The SMILES string of the molecule is CC(C)(C)OC(=O)C(N)C(C(=O)OCc1ccccc1)c1ccc(OS(=O)(=O)c2ccccc2)cc1. The van der Waals surface area contributed by atoms with E-state index in [-0.39, 0.29) is 17.3 Å². The molecule has 9 heteroatoms. The highest BCUT2D eigenvalue weighted by atomic mass is 32.2. The maximum absolute atomic E-state index is 13.1. The molecule has 0 aliphatic rings. The van der Waals surface area contributed by atoms with Crippen LogP contribution >= 0.6 is 0 Å². The maximum Gasteiger partial charge on any atom is 0.339 e. The van der Waals surface area contributed by atoms with Crippen molar-refractivity contribution in [2.75, 3.05) is 0 Å². The molecular formula is C27H29NO7S. The normalized spacial score (nSPS) is 13.3. The topological polar surface area (TPSA) is 122 Å². The molecule has 8 nitrogen and oxygen atoms in total. The molecule has 0 spiro atoms. The van der Waals surface area contributed by atoms with Gasteiger partial charge in [-0.1, -0.05) is 60.7 Å². The Morgan fingerprint density at radius 3 is 1.94 bits per heavy atom. The van der Waals surface area contributed by atoms with E-state index in [0.717, 1.165) is 5.56 Å². The first kappa shape index (κ1) is 26.9. The molecule has 3 rings (SSSR count). The number of hydrogen-bond acceptors (Lipinski definition) is 8. The molecule has 0 bridgehead atoms. The van der Waals surface area contributed by atoms with Crippen LogP contribution in [0.2, 0.25) is 0 Å². The molecule has 3 aromatic rings. The molecular weight excluding hydrogens is 482 g/mol. The fourth-order valence-electron chi connectivity index (χ4n) is 3.31. The number of benzene rings is 3. The molecule has 0 aliphatic carbocycles. The van der Waals surface area contributed by atoms with E-state index in [0.29, 0.717) is 5.56 Å². The van der Waals surface area contributed by atoms with Gasteiger partial charge in [-0.25, -0.2) is 0 Å². The highest BCUT2D eigenvalue weighted by Gasteiger charge is 2.36. The predicted molar refractivity (Wildman–Crippen MR) is 133 cm³/mol. The molecule has 0 radical (unpaired) electrons. The van der Waals surface area contributed by atoms with E-state index in [1.807, 2.05) is 18.2 Å². The van der Waals surface area contributed by atoms with Crippen LogP contribution in [-0.4, -0.2) is 32.0 Å². The molecule has 0 heterocycles. The molecule has 0 saturated carbocycles. The van der Waals surface area contributed by atoms with Crippen LogP contribution in [0.5, 0.6) is 5.75 Å². The van der Waals surface area contributed by atoms with Gasteiger partial charge in [0.2, 0.25) is 0 Å². The van der Waals surface area contributed by atoms with Gasteiger partial charge in [0.05, 0.1) is 0 Å². The zero-order valence-corrected chi connectivity index (χ0v) is 21.1. The zero-order chi connectivity index (χ0) is 26.3. The Labute approximate surface area is 211 Å². The molecule has 2 N–H and O–H groups in total. The lowest BCUT2D eigenvalue weighted by Gasteiger charge is -2.26. The smallest absolute Gasteiger partial charge is 0.339 e. The molecule has 2 atom stereocenters. The Kier molecular flexibility index (Phi) is 8.49. The van der Waals surface area contributed by atoms with Crippen molar-refractivity contribution in [3.8, 4) is 5.75 Å². The number of hydrogen-bond donors (Lipinski definition) is 1. The van der Waals surface area contributed by atoms with Crippen LogP contribution in [0.15, 0.2) is 89.8 Å². The van der Waals surface area contributed by atoms with Gasteiger partial charge < -0.3 is 19.4 Å². The molecule has 0 aliphatic heterocycles. The van der Waals surface area contributed by atoms with Crippen molar-refractivity contribution in [3.05, 3.63) is 96.1 Å².